The highest BCUT2D eigenvalue weighted by Gasteiger charge is 2.08. The van der Waals surface area contributed by atoms with Gasteiger partial charge in [-0.2, -0.15) is 5.10 Å². The fraction of sp³-hybridized carbons (Fsp3) is 0.111. The molecule has 0 atom stereocenters. The van der Waals surface area contributed by atoms with Gasteiger partial charge in [-0.15, -0.1) is 0 Å². The van der Waals surface area contributed by atoms with E-state index in [4.69, 9.17) is 16.3 Å². The molecule has 0 saturated heterocycles. The van der Waals surface area contributed by atoms with Gasteiger partial charge in [-0.05, 0) is 53.4 Å². The lowest BCUT2D eigenvalue weighted by Gasteiger charge is -2.12. The number of nitrogens with one attached hydrogen (secondary N) is 2. The Morgan fingerprint density at radius 2 is 1.80 bits per heavy atom. The summed E-state index contributed by atoms with van der Waals surface area (Å²) in [5.41, 5.74) is 4.56. The molecule has 0 radical (unpaired) electrons. The summed E-state index contributed by atoms with van der Waals surface area (Å²) in [5, 5.41) is 18.8. The van der Waals surface area contributed by atoms with E-state index in [9.17, 15) is 14.3 Å². The van der Waals surface area contributed by atoms with Gasteiger partial charge in [-0.3, -0.25) is 4.79 Å². The van der Waals surface area contributed by atoms with Crippen LogP contribution in [0.25, 0.3) is 10.8 Å². The van der Waals surface area contributed by atoms with Crippen molar-refractivity contribution in [3.63, 3.8) is 0 Å². The smallest absolute Gasteiger partial charge is 0.271 e. The highest BCUT2D eigenvalue weighted by Crippen LogP contribution is 2.28. The van der Waals surface area contributed by atoms with Crippen LogP contribution in [0.15, 0.2) is 84.0 Å². The zero-order valence-electron chi connectivity index (χ0n) is 18.7. The van der Waals surface area contributed by atoms with Gasteiger partial charge in [-0.25, -0.2) is 9.82 Å². The molecule has 0 unspecified atom stereocenters. The number of aromatic hydroxyl groups is 1. The van der Waals surface area contributed by atoms with E-state index in [1.165, 1.54) is 30.3 Å². The summed E-state index contributed by atoms with van der Waals surface area (Å²) in [5.74, 6) is -0.0455. The van der Waals surface area contributed by atoms with Crippen molar-refractivity contribution in [1.29, 1.82) is 0 Å². The Morgan fingerprint density at radius 1 is 1.03 bits per heavy atom. The van der Waals surface area contributed by atoms with Gasteiger partial charge in [0.15, 0.2) is 0 Å². The van der Waals surface area contributed by atoms with E-state index < -0.39 is 5.91 Å². The summed E-state index contributed by atoms with van der Waals surface area (Å²) >= 11 is 5.86. The number of nitrogens with zero attached hydrogens (tertiary/aromatic N) is 1. The fourth-order valence-corrected chi connectivity index (χ4v) is 3.65. The first-order valence-corrected chi connectivity index (χ1v) is 11.3. The van der Waals surface area contributed by atoms with Crippen molar-refractivity contribution < 1.29 is 19.0 Å². The Morgan fingerprint density at radius 3 is 2.57 bits per heavy atom. The molecule has 178 valence electrons. The fourth-order valence-electron chi connectivity index (χ4n) is 3.47. The van der Waals surface area contributed by atoms with Crippen molar-refractivity contribution in [2.75, 3.05) is 13.2 Å². The lowest BCUT2D eigenvalue weighted by atomic mass is 10.0. The van der Waals surface area contributed by atoms with Crippen LogP contribution in [0.4, 0.5) is 4.39 Å². The number of hydrogen-bond acceptors (Lipinski definition) is 5. The lowest BCUT2D eigenvalue weighted by Crippen LogP contribution is -2.20. The zero-order chi connectivity index (χ0) is 24.6. The Hall–Kier alpha value is -3.94. The molecule has 0 bridgehead atoms. The van der Waals surface area contributed by atoms with E-state index in [0.717, 1.165) is 27.6 Å². The standard InChI is InChI=1S/C27H23ClFN3O3/c28-24-15-19(7-11-25(24)33)27(34)32-31-17-20-8-12-26(23-4-2-1-3-22(20)23)35-14-13-30-16-18-5-9-21(29)10-6-18/h1-12,15,17,30,33H,13-14,16H2,(H,32,34). The molecule has 0 fully saturated rings. The van der Waals surface area contributed by atoms with E-state index in [1.54, 1.807) is 18.3 Å². The first-order valence-electron chi connectivity index (χ1n) is 10.9. The predicted octanol–water partition coefficient (Wildman–Crippen LogP) is 5.27. The molecule has 6 nitrogen and oxygen atoms in total. The molecule has 3 N–H and O–H groups in total. The number of amides is 1. The second kappa shape index (κ2) is 11.5. The number of fused-ring (bicyclic) bond motifs is 1. The number of carbonyl (C=O) groups is 1. The number of carbonyl (C=O) groups excluding carboxylic acids is 1. The van der Waals surface area contributed by atoms with Crippen LogP contribution in [0.2, 0.25) is 5.02 Å². The summed E-state index contributed by atoms with van der Waals surface area (Å²) < 4.78 is 19.0. The summed E-state index contributed by atoms with van der Waals surface area (Å²) in [7, 11) is 0. The van der Waals surface area contributed by atoms with Crippen LogP contribution in [0.5, 0.6) is 11.5 Å². The minimum absolute atomic E-state index is 0.0915. The summed E-state index contributed by atoms with van der Waals surface area (Å²) in [6.07, 6.45) is 1.57. The third-order valence-corrected chi connectivity index (χ3v) is 5.58. The Balaban J connectivity index is 1.36. The molecule has 4 aromatic carbocycles. The van der Waals surface area contributed by atoms with Gasteiger partial charge in [0.1, 0.15) is 23.9 Å². The number of hydrogen-bond donors (Lipinski definition) is 3. The zero-order valence-corrected chi connectivity index (χ0v) is 19.4. The van der Waals surface area contributed by atoms with Gasteiger partial charge in [0.2, 0.25) is 0 Å². The molecule has 8 heteroatoms. The molecule has 35 heavy (non-hydrogen) atoms. The van der Waals surface area contributed by atoms with E-state index >= 15 is 0 Å². The Bertz CT molecular complexity index is 1360. The van der Waals surface area contributed by atoms with Crippen molar-refractivity contribution in [3.05, 3.63) is 106 Å². The first-order chi connectivity index (χ1) is 17.0. The van der Waals surface area contributed by atoms with Crippen molar-refractivity contribution in [2.45, 2.75) is 6.54 Å². The average molecular weight is 492 g/mol. The van der Waals surface area contributed by atoms with Crippen LogP contribution < -0.4 is 15.5 Å². The maximum absolute atomic E-state index is 13.0. The molecule has 1 amide bonds. The first kappa shape index (κ1) is 24.2. The molecule has 0 saturated carbocycles. The van der Waals surface area contributed by atoms with Gasteiger partial charge < -0.3 is 15.2 Å². The van der Waals surface area contributed by atoms with Crippen molar-refractivity contribution in [3.8, 4) is 11.5 Å². The minimum Gasteiger partial charge on any atom is -0.506 e. The van der Waals surface area contributed by atoms with Crippen molar-refractivity contribution in [1.82, 2.24) is 10.7 Å². The molecule has 0 aliphatic rings. The van der Waals surface area contributed by atoms with Crippen LogP contribution in [-0.4, -0.2) is 30.4 Å². The van der Waals surface area contributed by atoms with Crippen molar-refractivity contribution >= 4 is 34.5 Å². The van der Waals surface area contributed by atoms with Gasteiger partial charge in [0.25, 0.3) is 5.91 Å². The number of phenols is 1. The van der Waals surface area contributed by atoms with Crippen LogP contribution in [0.3, 0.4) is 0 Å². The second-order valence-electron chi connectivity index (χ2n) is 7.72. The number of rotatable bonds is 9. The monoisotopic (exact) mass is 491 g/mol. The molecule has 0 aliphatic carbocycles. The molecule has 0 spiro atoms. The van der Waals surface area contributed by atoms with Crippen LogP contribution in [-0.2, 0) is 6.54 Å². The number of halogens is 2. The normalized spacial score (nSPS) is 11.1. The maximum atomic E-state index is 13.0. The van der Waals surface area contributed by atoms with Gasteiger partial charge >= 0.3 is 0 Å². The van der Waals surface area contributed by atoms with Gasteiger partial charge in [0, 0.05) is 29.6 Å². The highest BCUT2D eigenvalue weighted by molar-refractivity contribution is 6.32. The third kappa shape index (κ3) is 6.35. The summed E-state index contributed by atoms with van der Waals surface area (Å²) in [6.45, 7) is 1.72. The molecular weight excluding hydrogens is 469 g/mol. The highest BCUT2D eigenvalue weighted by atomic mass is 35.5. The molecule has 0 aromatic heterocycles. The third-order valence-electron chi connectivity index (χ3n) is 5.28. The van der Waals surface area contributed by atoms with E-state index in [0.29, 0.717) is 19.7 Å². The summed E-state index contributed by atoms with van der Waals surface area (Å²) in [4.78, 5) is 12.3. The number of ether oxygens (including phenoxy) is 1. The number of phenolic OH excluding ortho intramolecular Hbond substituents is 1. The molecule has 0 heterocycles. The van der Waals surface area contributed by atoms with Gasteiger partial charge in [-0.1, -0.05) is 48.0 Å². The SMILES string of the molecule is O=C(NN=Cc1ccc(OCCNCc2ccc(F)cc2)c2ccccc12)c1ccc(O)c(Cl)c1. The van der Waals surface area contributed by atoms with E-state index in [1.807, 2.05) is 36.4 Å². The molecule has 0 aliphatic heterocycles. The van der Waals surface area contributed by atoms with E-state index in [2.05, 4.69) is 15.8 Å². The average Bonchev–Trinajstić information content (AvgIpc) is 2.87. The lowest BCUT2D eigenvalue weighted by molar-refractivity contribution is 0.0955. The minimum atomic E-state index is -0.444. The van der Waals surface area contributed by atoms with E-state index in [-0.39, 0.29) is 22.2 Å². The maximum Gasteiger partial charge on any atom is 0.271 e. The second-order valence-corrected chi connectivity index (χ2v) is 8.12. The number of hydrazone groups is 1. The Kier molecular flexibility index (Phi) is 7.92. The largest absolute Gasteiger partial charge is 0.506 e. The van der Waals surface area contributed by atoms with Crippen LogP contribution in [0.1, 0.15) is 21.5 Å². The molecule has 4 aromatic rings. The van der Waals surface area contributed by atoms with Crippen molar-refractivity contribution in [2.24, 2.45) is 5.10 Å². The van der Waals surface area contributed by atoms with Gasteiger partial charge in [0.05, 0.1) is 11.2 Å². The van der Waals surface area contributed by atoms with Crippen LogP contribution in [0, 0.1) is 5.82 Å². The quantitative estimate of drug-likeness (QED) is 0.169. The number of benzene rings is 4. The molecular formula is C27H23ClFN3O3. The summed E-state index contributed by atoms with van der Waals surface area (Å²) in [6, 6.07) is 22.1. The molecule has 4 rings (SSSR count). The topological polar surface area (TPSA) is 83.0 Å². The van der Waals surface area contributed by atoms with Crippen LogP contribution >= 0.6 is 11.6 Å². The predicted molar refractivity (Wildman–Crippen MR) is 136 cm³/mol. The Labute approximate surface area is 207 Å².